The number of benzene rings is 1. The zero-order chi connectivity index (χ0) is 15.1. The van der Waals surface area contributed by atoms with Gasteiger partial charge in [-0.15, -0.1) is 0 Å². The summed E-state index contributed by atoms with van der Waals surface area (Å²) in [5.41, 5.74) is 2.55. The van der Waals surface area contributed by atoms with Gasteiger partial charge in [0.1, 0.15) is 5.75 Å². The van der Waals surface area contributed by atoms with E-state index >= 15 is 0 Å². The second-order valence-electron chi connectivity index (χ2n) is 4.60. The summed E-state index contributed by atoms with van der Waals surface area (Å²) in [6.07, 6.45) is 1.76. The zero-order valence-corrected chi connectivity index (χ0v) is 12.2. The van der Waals surface area contributed by atoms with E-state index in [1.54, 1.807) is 31.5 Å². The van der Waals surface area contributed by atoms with Crippen LogP contribution in [0, 0.1) is 6.92 Å². The maximum Gasteiger partial charge on any atom is 0.251 e. The molecule has 1 aromatic heterocycles. The van der Waals surface area contributed by atoms with Crippen molar-refractivity contribution in [3.05, 3.63) is 53.9 Å². The molecule has 110 valence electrons. The highest BCUT2D eigenvalue weighted by molar-refractivity contribution is 5.94. The fraction of sp³-hybridized carbons (Fsp3) is 0.250. The van der Waals surface area contributed by atoms with Crippen LogP contribution in [0.5, 0.6) is 5.75 Å². The van der Waals surface area contributed by atoms with E-state index in [2.05, 4.69) is 15.6 Å². The number of anilines is 1. The number of carbonyl (C=O) groups is 1. The van der Waals surface area contributed by atoms with Gasteiger partial charge in [0.15, 0.2) is 0 Å². The highest BCUT2D eigenvalue weighted by Crippen LogP contribution is 2.12. The fourth-order valence-corrected chi connectivity index (χ4v) is 1.90. The number of aryl methyl sites for hydroxylation is 1. The first-order valence-electron chi connectivity index (χ1n) is 6.78. The highest BCUT2D eigenvalue weighted by atomic mass is 16.5. The molecule has 0 atom stereocenters. The van der Waals surface area contributed by atoms with Crippen LogP contribution in [-0.4, -0.2) is 31.1 Å². The summed E-state index contributed by atoms with van der Waals surface area (Å²) in [7, 11) is 1.58. The number of ether oxygens (including phenoxy) is 1. The maximum atomic E-state index is 12.0. The molecule has 1 aromatic carbocycles. The lowest BCUT2D eigenvalue weighted by Crippen LogP contribution is -2.28. The molecule has 0 aliphatic heterocycles. The topological polar surface area (TPSA) is 63.2 Å². The Morgan fingerprint density at radius 1 is 1.24 bits per heavy atom. The van der Waals surface area contributed by atoms with Crippen molar-refractivity contribution >= 4 is 11.6 Å². The van der Waals surface area contributed by atoms with Crippen molar-refractivity contribution < 1.29 is 9.53 Å². The molecule has 2 rings (SSSR count). The molecular formula is C16H19N3O2. The Hall–Kier alpha value is -2.56. The predicted molar refractivity (Wildman–Crippen MR) is 82.8 cm³/mol. The van der Waals surface area contributed by atoms with E-state index in [9.17, 15) is 4.79 Å². The van der Waals surface area contributed by atoms with Crippen molar-refractivity contribution in [2.24, 2.45) is 0 Å². The third-order valence-corrected chi connectivity index (χ3v) is 2.97. The van der Waals surface area contributed by atoms with Gasteiger partial charge in [-0.25, -0.2) is 0 Å². The summed E-state index contributed by atoms with van der Waals surface area (Å²) in [5, 5.41) is 6.10. The van der Waals surface area contributed by atoms with Crippen LogP contribution >= 0.6 is 0 Å². The number of pyridine rings is 1. The average molecular weight is 285 g/mol. The summed E-state index contributed by atoms with van der Waals surface area (Å²) in [6, 6.07) is 10.9. The molecule has 0 aliphatic carbocycles. The first-order chi connectivity index (χ1) is 10.2. The van der Waals surface area contributed by atoms with E-state index in [1.807, 2.05) is 25.1 Å². The van der Waals surface area contributed by atoms with Crippen LogP contribution in [0.4, 0.5) is 5.69 Å². The quantitative estimate of drug-likeness (QED) is 0.799. The van der Waals surface area contributed by atoms with Crippen molar-refractivity contribution in [2.45, 2.75) is 6.92 Å². The second kappa shape index (κ2) is 7.28. The van der Waals surface area contributed by atoms with E-state index in [4.69, 9.17) is 4.74 Å². The Balaban J connectivity index is 1.79. The van der Waals surface area contributed by atoms with Crippen LogP contribution in [0.3, 0.4) is 0 Å². The lowest BCUT2D eigenvalue weighted by atomic mass is 10.2. The number of aromatic nitrogens is 1. The first-order valence-corrected chi connectivity index (χ1v) is 6.78. The molecule has 0 spiro atoms. The zero-order valence-electron chi connectivity index (χ0n) is 12.2. The largest absolute Gasteiger partial charge is 0.497 e. The van der Waals surface area contributed by atoms with Crippen LogP contribution in [0.1, 0.15) is 16.1 Å². The molecule has 0 bridgehead atoms. The van der Waals surface area contributed by atoms with Gasteiger partial charge < -0.3 is 15.4 Å². The van der Waals surface area contributed by atoms with Crippen LogP contribution in [0.15, 0.2) is 42.6 Å². The van der Waals surface area contributed by atoms with E-state index in [0.717, 1.165) is 11.4 Å². The summed E-state index contributed by atoms with van der Waals surface area (Å²) < 4.78 is 5.10. The molecule has 0 unspecified atom stereocenters. The van der Waals surface area contributed by atoms with Gasteiger partial charge in [-0.3, -0.25) is 9.78 Å². The number of methoxy groups -OCH3 is 1. The molecule has 5 nitrogen and oxygen atoms in total. The number of nitrogens with one attached hydrogen (secondary N) is 2. The molecular weight excluding hydrogens is 266 g/mol. The minimum absolute atomic E-state index is 0.110. The van der Waals surface area contributed by atoms with Crippen LogP contribution in [0.2, 0.25) is 0 Å². The van der Waals surface area contributed by atoms with E-state index in [-0.39, 0.29) is 5.91 Å². The molecule has 0 aliphatic rings. The third kappa shape index (κ3) is 4.49. The standard InChI is InChI=1S/C16H19N3O2/c1-12-10-14(6-7-17-12)18-8-9-19-16(20)13-4-3-5-15(11-13)21-2/h3-7,10-11H,8-9H2,1-2H3,(H,17,18)(H,19,20). The van der Waals surface area contributed by atoms with Crippen LogP contribution < -0.4 is 15.4 Å². The molecule has 0 radical (unpaired) electrons. The smallest absolute Gasteiger partial charge is 0.251 e. The normalized spacial score (nSPS) is 10.0. The van der Waals surface area contributed by atoms with E-state index in [0.29, 0.717) is 24.4 Å². The number of carbonyl (C=O) groups excluding carboxylic acids is 1. The van der Waals surface area contributed by atoms with Crippen molar-refractivity contribution in [1.82, 2.24) is 10.3 Å². The lowest BCUT2D eigenvalue weighted by Gasteiger charge is -2.09. The SMILES string of the molecule is COc1cccc(C(=O)NCCNc2ccnc(C)c2)c1. The average Bonchev–Trinajstić information content (AvgIpc) is 2.51. The Morgan fingerprint density at radius 3 is 2.86 bits per heavy atom. The second-order valence-corrected chi connectivity index (χ2v) is 4.60. The molecule has 1 amide bonds. The Kier molecular flexibility index (Phi) is 5.15. The minimum Gasteiger partial charge on any atom is -0.497 e. The Bertz CT molecular complexity index is 614. The predicted octanol–water partition coefficient (Wildman–Crippen LogP) is 2.24. The van der Waals surface area contributed by atoms with Crippen molar-refractivity contribution in [1.29, 1.82) is 0 Å². The van der Waals surface area contributed by atoms with Crippen molar-refractivity contribution in [3.63, 3.8) is 0 Å². The van der Waals surface area contributed by atoms with Gasteiger partial charge in [-0.05, 0) is 37.3 Å². The van der Waals surface area contributed by atoms with Gasteiger partial charge in [0.25, 0.3) is 5.91 Å². The number of hydrogen-bond donors (Lipinski definition) is 2. The number of amides is 1. The van der Waals surface area contributed by atoms with E-state index < -0.39 is 0 Å². The van der Waals surface area contributed by atoms with Crippen molar-refractivity contribution in [2.75, 3.05) is 25.5 Å². The number of rotatable bonds is 6. The number of nitrogens with zero attached hydrogens (tertiary/aromatic N) is 1. The molecule has 1 heterocycles. The molecule has 21 heavy (non-hydrogen) atoms. The highest BCUT2D eigenvalue weighted by Gasteiger charge is 2.05. The molecule has 2 aromatic rings. The van der Waals surface area contributed by atoms with Gasteiger partial charge in [-0.2, -0.15) is 0 Å². The minimum atomic E-state index is -0.110. The van der Waals surface area contributed by atoms with Gasteiger partial charge >= 0.3 is 0 Å². The molecule has 0 saturated heterocycles. The Labute approximate surface area is 124 Å². The summed E-state index contributed by atoms with van der Waals surface area (Å²) in [5.74, 6) is 0.564. The van der Waals surface area contributed by atoms with Gasteiger partial charge in [0.2, 0.25) is 0 Å². The van der Waals surface area contributed by atoms with Crippen LogP contribution in [-0.2, 0) is 0 Å². The summed E-state index contributed by atoms with van der Waals surface area (Å²) in [6.45, 7) is 3.13. The molecule has 5 heteroatoms. The summed E-state index contributed by atoms with van der Waals surface area (Å²) >= 11 is 0. The Morgan fingerprint density at radius 2 is 2.10 bits per heavy atom. The molecule has 0 fully saturated rings. The van der Waals surface area contributed by atoms with Gasteiger partial charge in [0.05, 0.1) is 7.11 Å². The summed E-state index contributed by atoms with van der Waals surface area (Å²) in [4.78, 5) is 16.1. The fourth-order valence-electron chi connectivity index (χ4n) is 1.90. The third-order valence-electron chi connectivity index (χ3n) is 2.97. The van der Waals surface area contributed by atoms with Gasteiger partial charge in [-0.1, -0.05) is 6.07 Å². The van der Waals surface area contributed by atoms with Crippen molar-refractivity contribution in [3.8, 4) is 5.75 Å². The monoisotopic (exact) mass is 285 g/mol. The maximum absolute atomic E-state index is 12.0. The molecule has 2 N–H and O–H groups in total. The molecule has 0 saturated carbocycles. The first kappa shape index (κ1) is 14.8. The van der Waals surface area contributed by atoms with E-state index in [1.165, 1.54) is 0 Å². The van der Waals surface area contributed by atoms with Gasteiger partial charge in [0, 0.05) is 36.2 Å². The number of hydrogen-bond acceptors (Lipinski definition) is 4. The van der Waals surface area contributed by atoms with Crippen LogP contribution in [0.25, 0.3) is 0 Å². The lowest BCUT2D eigenvalue weighted by molar-refractivity contribution is 0.0955.